The van der Waals surface area contributed by atoms with E-state index in [1.807, 2.05) is 55.6 Å². The Balaban J connectivity index is 1.52. The van der Waals surface area contributed by atoms with Crippen molar-refractivity contribution in [3.8, 4) is 11.5 Å². The van der Waals surface area contributed by atoms with Crippen molar-refractivity contribution in [1.29, 1.82) is 0 Å². The highest BCUT2D eigenvalue weighted by molar-refractivity contribution is 5.53. The molecule has 3 aromatic rings. The monoisotopic (exact) mass is 294 g/mol. The first-order valence-electron chi connectivity index (χ1n) is 7.31. The molecule has 0 radical (unpaired) electrons. The number of nitrogens with zero attached hydrogens (tertiary/aromatic N) is 3. The lowest BCUT2D eigenvalue weighted by Crippen LogP contribution is -2.17. The van der Waals surface area contributed by atoms with Crippen LogP contribution in [0.1, 0.15) is 17.1 Å². The maximum absolute atomic E-state index is 5.31. The Morgan fingerprint density at radius 3 is 2.91 bits per heavy atom. The van der Waals surface area contributed by atoms with Crippen LogP contribution in [0.15, 0.2) is 53.2 Å². The zero-order valence-corrected chi connectivity index (χ0v) is 12.5. The molecule has 0 saturated carbocycles. The molecule has 0 spiro atoms. The zero-order chi connectivity index (χ0) is 15.2. The average Bonchev–Trinajstić information content (AvgIpc) is 3.02. The molecule has 0 saturated heterocycles. The molecule has 22 heavy (non-hydrogen) atoms. The van der Waals surface area contributed by atoms with Gasteiger partial charge in [-0.1, -0.05) is 28.9 Å². The number of aryl methyl sites for hydroxylation is 1. The molecule has 0 aliphatic rings. The van der Waals surface area contributed by atoms with E-state index in [9.17, 15) is 0 Å². The fourth-order valence-corrected chi connectivity index (χ4v) is 2.18. The van der Waals surface area contributed by atoms with Gasteiger partial charge in [-0.05, 0) is 31.2 Å². The van der Waals surface area contributed by atoms with Gasteiger partial charge >= 0.3 is 0 Å². The molecule has 0 aliphatic heterocycles. The Morgan fingerprint density at radius 2 is 2.09 bits per heavy atom. The Bertz CT molecular complexity index is 724. The van der Waals surface area contributed by atoms with Crippen molar-refractivity contribution in [3.63, 3.8) is 0 Å². The first-order valence-corrected chi connectivity index (χ1v) is 7.31. The van der Waals surface area contributed by atoms with E-state index >= 15 is 0 Å². The van der Waals surface area contributed by atoms with Crippen molar-refractivity contribution in [3.05, 3.63) is 65.7 Å². The molecule has 0 fully saturated rings. The van der Waals surface area contributed by atoms with Gasteiger partial charge in [0.1, 0.15) is 0 Å². The number of rotatable bonds is 6. The summed E-state index contributed by atoms with van der Waals surface area (Å²) < 4.78 is 5.31. The summed E-state index contributed by atoms with van der Waals surface area (Å²) in [6.45, 7) is 3.45. The number of hydrogen-bond acceptors (Lipinski definition) is 5. The van der Waals surface area contributed by atoms with Gasteiger partial charge < -0.3 is 9.84 Å². The van der Waals surface area contributed by atoms with Gasteiger partial charge in [0.2, 0.25) is 0 Å². The molecule has 5 nitrogen and oxygen atoms in total. The second-order valence-electron chi connectivity index (χ2n) is 5.13. The molecule has 1 N–H and O–H groups in total. The lowest BCUT2D eigenvalue weighted by Gasteiger charge is -2.01. The summed E-state index contributed by atoms with van der Waals surface area (Å²) in [5.74, 6) is 1.22. The van der Waals surface area contributed by atoms with Crippen molar-refractivity contribution in [2.24, 2.45) is 0 Å². The minimum absolute atomic E-state index is 0.560. The maximum atomic E-state index is 5.31. The van der Waals surface area contributed by atoms with Crippen LogP contribution in [-0.2, 0) is 13.0 Å². The molecule has 0 unspecified atom stereocenters. The van der Waals surface area contributed by atoms with E-state index in [-0.39, 0.29) is 0 Å². The summed E-state index contributed by atoms with van der Waals surface area (Å²) in [6.07, 6.45) is 2.69. The van der Waals surface area contributed by atoms with Gasteiger partial charge in [-0.3, -0.25) is 4.98 Å². The molecule has 112 valence electrons. The van der Waals surface area contributed by atoms with E-state index in [4.69, 9.17) is 4.52 Å². The van der Waals surface area contributed by atoms with E-state index in [0.29, 0.717) is 18.3 Å². The Labute approximate surface area is 129 Å². The summed E-state index contributed by atoms with van der Waals surface area (Å²) in [5, 5.41) is 7.30. The summed E-state index contributed by atoms with van der Waals surface area (Å²) in [5.41, 5.74) is 3.20. The van der Waals surface area contributed by atoms with E-state index in [1.165, 1.54) is 5.56 Å². The predicted octanol–water partition coefficient (Wildman–Crippen LogP) is 2.77. The lowest BCUT2D eigenvalue weighted by atomic mass is 10.1. The second kappa shape index (κ2) is 6.95. The molecule has 0 bridgehead atoms. The third-order valence-electron chi connectivity index (χ3n) is 3.30. The molecule has 0 atom stereocenters. The summed E-state index contributed by atoms with van der Waals surface area (Å²) in [6, 6.07) is 14.0. The Kier molecular flexibility index (Phi) is 4.56. The number of pyridine rings is 1. The third-order valence-corrected chi connectivity index (χ3v) is 3.30. The summed E-state index contributed by atoms with van der Waals surface area (Å²) in [7, 11) is 0. The van der Waals surface area contributed by atoms with Crippen LogP contribution in [0.3, 0.4) is 0 Å². The SMILES string of the molecule is Cc1cccc(-c2nc(CNCCc3ccccn3)no2)c1. The topological polar surface area (TPSA) is 63.8 Å². The number of aromatic nitrogens is 3. The van der Waals surface area contributed by atoms with Crippen molar-refractivity contribution in [1.82, 2.24) is 20.4 Å². The van der Waals surface area contributed by atoms with E-state index in [2.05, 4.69) is 20.4 Å². The van der Waals surface area contributed by atoms with Crippen molar-refractivity contribution >= 4 is 0 Å². The highest BCUT2D eigenvalue weighted by Crippen LogP contribution is 2.17. The molecule has 2 heterocycles. The minimum Gasteiger partial charge on any atom is -0.334 e. The number of nitrogens with one attached hydrogen (secondary N) is 1. The average molecular weight is 294 g/mol. The number of hydrogen-bond donors (Lipinski definition) is 1. The van der Waals surface area contributed by atoms with Crippen LogP contribution in [-0.4, -0.2) is 21.7 Å². The normalized spacial score (nSPS) is 10.8. The standard InChI is InChI=1S/C17H18N4O/c1-13-5-4-6-14(11-13)17-20-16(21-22-17)12-18-10-8-15-7-2-3-9-19-15/h2-7,9,11,18H,8,10,12H2,1H3. The van der Waals surface area contributed by atoms with Gasteiger partial charge in [-0.2, -0.15) is 4.98 Å². The van der Waals surface area contributed by atoms with E-state index in [0.717, 1.165) is 24.2 Å². The Hall–Kier alpha value is -2.53. The zero-order valence-electron chi connectivity index (χ0n) is 12.5. The lowest BCUT2D eigenvalue weighted by molar-refractivity contribution is 0.419. The molecule has 1 aromatic carbocycles. The molecule has 2 aromatic heterocycles. The highest BCUT2D eigenvalue weighted by atomic mass is 16.5. The van der Waals surface area contributed by atoms with Crippen molar-refractivity contribution in [2.45, 2.75) is 19.9 Å². The molecule has 0 aliphatic carbocycles. The van der Waals surface area contributed by atoms with Gasteiger partial charge in [0, 0.05) is 30.4 Å². The van der Waals surface area contributed by atoms with E-state index < -0.39 is 0 Å². The van der Waals surface area contributed by atoms with Crippen LogP contribution in [0, 0.1) is 6.92 Å². The summed E-state index contributed by atoms with van der Waals surface area (Å²) in [4.78, 5) is 8.70. The van der Waals surface area contributed by atoms with Gasteiger partial charge in [-0.25, -0.2) is 0 Å². The van der Waals surface area contributed by atoms with Crippen LogP contribution >= 0.6 is 0 Å². The van der Waals surface area contributed by atoms with Gasteiger partial charge in [0.25, 0.3) is 5.89 Å². The first-order chi connectivity index (χ1) is 10.8. The maximum Gasteiger partial charge on any atom is 0.257 e. The quantitative estimate of drug-likeness (QED) is 0.708. The Morgan fingerprint density at radius 1 is 1.14 bits per heavy atom. The largest absolute Gasteiger partial charge is 0.334 e. The molecule has 5 heteroatoms. The van der Waals surface area contributed by atoms with Crippen LogP contribution in [0.4, 0.5) is 0 Å². The fourth-order valence-electron chi connectivity index (χ4n) is 2.18. The predicted molar refractivity (Wildman–Crippen MR) is 84.1 cm³/mol. The van der Waals surface area contributed by atoms with E-state index in [1.54, 1.807) is 0 Å². The van der Waals surface area contributed by atoms with Crippen LogP contribution < -0.4 is 5.32 Å². The highest BCUT2D eigenvalue weighted by Gasteiger charge is 2.08. The van der Waals surface area contributed by atoms with Gasteiger partial charge in [0.15, 0.2) is 5.82 Å². The van der Waals surface area contributed by atoms with Gasteiger partial charge in [-0.15, -0.1) is 0 Å². The minimum atomic E-state index is 0.560. The van der Waals surface area contributed by atoms with Gasteiger partial charge in [0.05, 0.1) is 6.54 Å². The summed E-state index contributed by atoms with van der Waals surface area (Å²) >= 11 is 0. The fraction of sp³-hybridized carbons (Fsp3) is 0.235. The van der Waals surface area contributed by atoms with Crippen LogP contribution in [0.2, 0.25) is 0 Å². The molecular weight excluding hydrogens is 276 g/mol. The van der Waals surface area contributed by atoms with Crippen LogP contribution in [0.25, 0.3) is 11.5 Å². The first kappa shape index (κ1) is 14.4. The second-order valence-corrected chi connectivity index (χ2v) is 5.13. The smallest absolute Gasteiger partial charge is 0.257 e. The number of benzene rings is 1. The van der Waals surface area contributed by atoms with Crippen molar-refractivity contribution < 1.29 is 4.52 Å². The third kappa shape index (κ3) is 3.77. The molecule has 0 amide bonds. The molecular formula is C17H18N4O. The van der Waals surface area contributed by atoms with Crippen LogP contribution in [0.5, 0.6) is 0 Å². The molecule has 3 rings (SSSR count). The van der Waals surface area contributed by atoms with Crippen molar-refractivity contribution in [2.75, 3.05) is 6.54 Å².